The third-order valence-electron chi connectivity index (χ3n) is 1.98. The summed E-state index contributed by atoms with van der Waals surface area (Å²) in [4.78, 5) is 15.1. The normalized spacial score (nSPS) is 9.17. The minimum Gasteiger partial charge on any atom is -0.370 e. The Balaban J connectivity index is 0.00000289. The molecule has 0 bridgehead atoms. The lowest BCUT2D eigenvalue weighted by molar-refractivity contribution is -0.120. The molecular formula is C11H16FIN4O. The van der Waals surface area contributed by atoms with Crippen LogP contribution in [0.15, 0.2) is 29.3 Å². The first kappa shape index (κ1) is 16.6. The topological polar surface area (TPSA) is 93.5 Å². The van der Waals surface area contributed by atoms with Gasteiger partial charge in [-0.15, -0.1) is 24.0 Å². The van der Waals surface area contributed by atoms with Crippen molar-refractivity contribution < 1.29 is 9.18 Å². The number of amides is 1. The molecule has 0 atom stereocenters. The Morgan fingerprint density at radius 3 is 2.72 bits per heavy atom. The second kappa shape index (κ2) is 8.67. The standard InChI is InChI=1S/C11H15FN4O.HI/c12-9-3-1-2-8(6-9)7-10(17)15-4-5-16-11(13)14;/h1-3,6H,4-5,7H2,(H,15,17)(H4,13,14,16);1H. The Morgan fingerprint density at radius 2 is 2.11 bits per heavy atom. The van der Waals surface area contributed by atoms with Crippen LogP contribution in [0.5, 0.6) is 0 Å². The number of nitrogens with two attached hydrogens (primary N) is 2. The van der Waals surface area contributed by atoms with E-state index in [4.69, 9.17) is 11.5 Å². The van der Waals surface area contributed by atoms with E-state index in [2.05, 4.69) is 10.3 Å². The average molecular weight is 366 g/mol. The maximum absolute atomic E-state index is 12.8. The zero-order valence-corrected chi connectivity index (χ0v) is 12.1. The van der Waals surface area contributed by atoms with Crippen LogP contribution in [0, 0.1) is 5.82 Å². The molecule has 1 rings (SSSR count). The Kier molecular flexibility index (Phi) is 8.01. The Hall–Kier alpha value is -1.38. The number of nitrogens with zero attached hydrogens (tertiary/aromatic N) is 1. The van der Waals surface area contributed by atoms with Gasteiger partial charge in [0.05, 0.1) is 13.0 Å². The minimum absolute atomic E-state index is 0. The number of carbonyl (C=O) groups excluding carboxylic acids is 1. The molecule has 0 spiro atoms. The number of halogens is 2. The molecule has 5 N–H and O–H groups in total. The number of benzene rings is 1. The highest BCUT2D eigenvalue weighted by atomic mass is 127. The number of hydrogen-bond donors (Lipinski definition) is 3. The summed E-state index contributed by atoms with van der Waals surface area (Å²) in [5.74, 6) is -0.554. The first-order chi connectivity index (χ1) is 8.08. The van der Waals surface area contributed by atoms with Gasteiger partial charge in [0.2, 0.25) is 5.91 Å². The summed E-state index contributed by atoms with van der Waals surface area (Å²) < 4.78 is 12.8. The first-order valence-corrected chi connectivity index (χ1v) is 5.14. The number of aliphatic imine (C=N–C) groups is 1. The molecule has 0 aliphatic rings. The van der Waals surface area contributed by atoms with Gasteiger partial charge in [0.15, 0.2) is 5.96 Å². The van der Waals surface area contributed by atoms with Crippen LogP contribution < -0.4 is 16.8 Å². The van der Waals surface area contributed by atoms with Crippen molar-refractivity contribution in [1.82, 2.24) is 5.32 Å². The highest BCUT2D eigenvalue weighted by molar-refractivity contribution is 14.0. The van der Waals surface area contributed by atoms with E-state index >= 15 is 0 Å². The third kappa shape index (κ3) is 7.05. The Bertz CT molecular complexity index is 421. The van der Waals surface area contributed by atoms with Gasteiger partial charge < -0.3 is 16.8 Å². The molecule has 0 aliphatic carbocycles. The molecule has 100 valence electrons. The molecule has 0 fully saturated rings. The summed E-state index contributed by atoms with van der Waals surface area (Å²) in [6.45, 7) is 0.684. The molecule has 0 saturated carbocycles. The zero-order valence-electron chi connectivity index (χ0n) is 9.73. The van der Waals surface area contributed by atoms with E-state index in [1.165, 1.54) is 12.1 Å². The lowest BCUT2D eigenvalue weighted by atomic mass is 10.1. The van der Waals surface area contributed by atoms with Crippen molar-refractivity contribution in [2.45, 2.75) is 6.42 Å². The summed E-state index contributed by atoms with van der Waals surface area (Å²) in [5.41, 5.74) is 10.9. The molecule has 0 heterocycles. The average Bonchev–Trinajstić information content (AvgIpc) is 2.24. The van der Waals surface area contributed by atoms with Crippen molar-refractivity contribution in [3.63, 3.8) is 0 Å². The molecule has 0 radical (unpaired) electrons. The highest BCUT2D eigenvalue weighted by Gasteiger charge is 2.03. The molecule has 0 aliphatic heterocycles. The molecular weight excluding hydrogens is 350 g/mol. The lowest BCUT2D eigenvalue weighted by Gasteiger charge is -2.03. The number of hydrogen-bond acceptors (Lipinski definition) is 2. The molecule has 1 aromatic carbocycles. The van der Waals surface area contributed by atoms with Gasteiger partial charge in [0, 0.05) is 6.54 Å². The quantitative estimate of drug-likeness (QED) is 0.304. The van der Waals surface area contributed by atoms with Crippen molar-refractivity contribution in [2.75, 3.05) is 13.1 Å². The fraction of sp³-hybridized carbons (Fsp3) is 0.273. The van der Waals surface area contributed by atoms with Crippen molar-refractivity contribution in [3.05, 3.63) is 35.6 Å². The van der Waals surface area contributed by atoms with Gasteiger partial charge in [-0.05, 0) is 17.7 Å². The number of rotatable bonds is 5. The van der Waals surface area contributed by atoms with Gasteiger partial charge in [-0.25, -0.2) is 4.39 Å². The van der Waals surface area contributed by atoms with Gasteiger partial charge in [-0.3, -0.25) is 9.79 Å². The lowest BCUT2D eigenvalue weighted by Crippen LogP contribution is -2.29. The largest absolute Gasteiger partial charge is 0.370 e. The van der Waals surface area contributed by atoms with Crippen LogP contribution in [0.4, 0.5) is 4.39 Å². The fourth-order valence-electron chi connectivity index (χ4n) is 1.28. The smallest absolute Gasteiger partial charge is 0.224 e. The van der Waals surface area contributed by atoms with Crippen molar-refractivity contribution >= 4 is 35.8 Å². The van der Waals surface area contributed by atoms with E-state index in [1.807, 2.05) is 0 Å². The summed E-state index contributed by atoms with van der Waals surface area (Å²) in [5, 5.41) is 2.63. The number of carbonyl (C=O) groups is 1. The molecule has 0 saturated heterocycles. The summed E-state index contributed by atoms with van der Waals surface area (Å²) in [6.07, 6.45) is 0.138. The van der Waals surface area contributed by atoms with Crippen LogP contribution in [0.3, 0.4) is 0 Å². The van der Waals surface area contributed by atoms with E-state index in [0.717, 1.165) is 0 Å². The maximum Gasteiger partial charge on any atom is 0.224 e. The van der Waals surface area contributed by atoms with Gasteiger partial charge >= 0.3 is 0 Å². The van der Waals surface area contributed by atoms with Gasteiger partial charge in [-0.1, -0.05) is 12.1 Å². The predicted octanol–water partition coefficient (Wildman–Crippen LogP) is 0.376. The van der Waals surface area contributed by atoms with Crippen LogP contribution in [0.1, 0.15) is 5.56 Å². The Labute approximate surface area is 122 Å². The summed E-state index contributed by atoms with van der Waals surface area (Å²) in [6, 6.07) is 5.92. The SMILES string of the molecule is I.NC(N)=NCCNC(=O)Cc1cccc(F)c1. The molecule has 5 nitrogen and oxygen atoms in total. The molecule has 7 heteroatoms. The van der Waals surface area contributed by atoms with Crippen molar-refractivity contribution in [1.29, 1.82) is 0 Å². The first-order valence-electron chi connectivity index (χ1n) is 5.14. The summed E-state index contributed by atoms with van der Waals surface area (Å²) >= 11 is 0. The van der Waals surface area contributed by atoms with Crippen molar-refractivity contribution in [3.8, 4) is 0 Å². The van der Waals surface area contributed by atoms with Crippen molar-refractivity contribution in [2.24, 2.45) is 16.5 Å². The van der Waals surface area contributed by atoms with Crippen LogP contribution in [-0.4, -0.2) is 25.0 Å². The van der Waals surface area contributed by atoms with E-state index in [0.29, 0.717) is 18.7 Å². The molecule has 1 amide bonds. The fourth-order valence-corrected chi connectivity index (χ4v) is 1.28. The second-order valence-corrected chi connectivity index (χ2v) is 3.46. The predicted molar refractivity (Wildman–Crippen MR) is 79.2 cm³/mol. The second-order valence-electron chi connectivity index (χ2n) is 3.46. The molecule has 0 aromatic heterocycles. The summed E-state index contributed by atoms with van der Waals surface area (Å²) in [7, 11) is 0. The monoisotopic (exact) mass is 366 g/mol. The van der Waals surface area contributed by atoms with Gasteiger partial charge in [0.1, 0.15) is 5.82 Å². The number of nitrogens with one attached hydrogen (secondary N) is 1. The van der Waals surface area contributed by atoms with E-state index < -0.39 is 0 Å². The third-order valence-corrected chi connectivity index (χ3v) is 1.98. The van der Waals surface area contributed by atoms with Crippen LogP contribution >= 0.6 is 24.0 Å². The van der Waals surface area contributed by atoms with Crippen LogP contribution in [0.25, 0.3) is 0 Å². The maximum atomic E-state index is 12.8. The molecule has 18 heavy (non-hydrogen) atoms. The van der Waals surface area contributed by atoms with Crippen LogP contribution in [0.2, 0.25) is 0 Å². The highest BCUT2D eigenvalue weighted by Crippen LogP contribution is 2.03. The minimum atomic E-state index is -0.351. The molecule has 0 unspecified atom stereocenters. The van der Waals surface area contributed by atoms with E-state index in [1.54, 1.807) is 12.1 Å². The Morgan fingerprint density at radius 1 is 1.39 bits per heavy atom. The van der Waals surface area contributed by atoms with E-state index in [-0.39, 0.29) is 48.1 Å². The van der Waals surface area contributed by atoms with Crippen LogP contribution in [-0.2, 0) is 11.2 Å². The number of guanidine groups is 1. The zero-order chi connectivity index (χ0) is 12.7. The van der Waals surface area contributed by atoms with Gasteiger partial charge in [0.25, 0.3) is 0 Å². The van der Waals surface area contributed by atoms with E-state index in [9.17, 15) is 9.18 Å². The van der Waals surface area contributed by atoms with Gasteiger partial charge in [-0.2, -0.15) is 0 Å². The molecule has 1 aromatic rings.